The maximum absolute atomic E-state index is 13.4. The third-order valence-electron chi connectivity index (χ3n) is 5.81. The van der Waals surface area contributed by atoms with Crippen molar-refractivity contribution in [3.8, 4) is 11.1 Å². The number of hydrogen-bond acceptors (Lipinski definition) is 2. The predicted octanol–water partition coefficient (Wildman–Crippen LogP) is 5.80. The number of carbonyl (C=O) groups excluding carboxylic acids is 2. The second-order valence-electron chi connectivity index (χ2n) is 8.31. The molecule has 2 N–H and O–H groups in total. The van der Waals surface area contributed by atoms with E-state index >= 15 is 0 Å². The minimum Gasteiger partial charge on any atom is -0.356 e. The highest BCUT2D eigenvalue weighted by molar-refractivity contribution is 6.13. The molecule has 0 saturated carbocycles. The number of rotatable bonds is 10. The summed E-state index contributed by atoms with van der Waals surface area (Å²) in [7, 11) is 0. The molecule has 0 saturated heterocycles. The molecule has 0 aliphatic carbocycles. The SMILES string of the molecule is CCCCNC(=O)Cc1ccccc1-c1cc(C)c2ccccc2c1C(=O)NCCCC. The summed E-state index contributed by atoms with van der Waals surface area (Å²) >= 11 is 0. The lowest BCUT2D eigenvalue weighted by Crippen LogP contribution is -2.26. The highest BCUT2D eigenvalue weighted by atomic mass is 16.2. The van der Waals surface area contributed by atoms with E-state index in [9.17, 15) is 9.59 Å². The van der Waals surface area contributed by atoms with Gasteiger partial charge in [0.05, 0.1) is 12.0 Å². The summed E-state index contributed by atoms with van der Waals surface area (Å²) in [6.45, 7) is 7.64. The fourth-order valence-corrected chi connectivity index (χ4v) is 4.06. The molecule has 3 rings (SSSR count). The molecule has 4 nitrogen and oxygen atoms in total. The number of carbonyl (C=O) groups is 2. The van der Waals surface area contributed by atoms with Crippen molar-refractivity contribution >= 4 is 22.6 Å². The Hall–Kier alpha value is -3.14. The van der Waals surface area contributed by atoms with Gasteiger partial charge < -0.3 is 10.6 Å². The Morgan fingerprint density at radius 1 is 0.781 bits per heavy atom. The molecular formula is C28H34N2O2. The van der Waals surface area contributed by atoms with E-state index in [1.54, 1.807) is 0 Å². The molecule has 0 radical (unpaired) electrons. The lowest BCUT2D eigenvalue weighted by atomic mass is 9.88. The van der Waals surface area contributed by atoms with Gasteiger partial charge in [-0.1, -0.05) is 75.2 Å². The summed E-state index contributed by atoms with van der Waals surface area (Å²) in [5, 5.41) is 8.12. The molecule has 2 amide bonds. The molecule has 168 valence electrons. The van der Waals surface area contributed by atoms with Gasteiger partial charge in [-0.3, -0.25) is 9.59 Å². The van der Waals surface area contributed by atoms with Crippen LogP contribution in [0.2, 0.25) is 0 Å². The normalized spacial score (nSPS) is 10.8. The average molecular weight is 431 g/mol. The van der Waals surface area contributed by atoms with E-state index in [2.05, 4.69) is 43.5 Å². The molecule has 0 heterocycles. The number of benzene rings is 3. The van der Waals surface area contributed by atoms with Crippen LogP contribution in [-0.4, -0.2) is 24.9 Å². The van der Waals surface area contributed by atoms with Crippen LogP contribution in [0.3, 0.4) is 0 Å². The second-order valence-corrected chi connectivity index (χ2v) is 8.31. The van der Waals surface area contributed by atoms with Crippen molar-refractivity contribution in [2.45, 2.75) is 52.9 Å². The van der Waals surface area contributed by atoms with Crippen LogP contribution in [0.5, 0.6) is 0 Å². The summed E-state index contributed by atoms with van der Waals surface area (Å²) in [6.07, 6.45) is 4.28. The topological polar surface area (TPSA) is 58.2 Å². The van der Waals surface area contributed by atoms with Crippen LogP contribution in [0.4, 0.5) is 0 Å². The maximum atomic E-state index is 13.4. The molecule has 0 bridgehead atoms. The van der Waals surface area contributed by atoms with Crippen LogP contribution in [0.1, 0.15) is 61.0 Å². The molecule has 32 heavy (non-hydrogen) atoms. The van der Waals surface area contributed by atoms with Crippen molar-refractivity contribution in [3.05, 3.63) is 71.3 Å². The highest BCUT2D eigenvalue weighted by Gasteiger charge is 2.20. The first kappa shape index (κ1) is 23.5. The summed E-state index contributed by atoms with van der Waals surface area (Å²) < 4.78 is 0. The van der Waals surface area contributed by atoms with Gasteiger partial charge in [-0.25, -0.2) is 0 Å². The van der Waals surface area contributed by atoms with E-state index in [0.717, 1.165) is 58.7 Å². The lowest BCUT2D eigenvalue weighted by molar-refractivity contribution is -0.120. The quantitative estimate of drug-likeness (QED) is 0.399. The predicted molar refractivity (Wildman–Crippen MR) is 133 cm³/mol. The number of fused-ring (bicyclic) bond motifs is 1. The van der Waals surface area contributed by atoms with E-state index in [1.165, 1.54) is 0 Å². The summed E-state index contributed by atoms with van der Waals surface area (Å²) in [4.78, 5) is 25.9. The zero-order chi connectivity index (χ0) is 22.9. The monoisotopic (exact) mass is 430 g/mol. The number of aryl methyl sites for hydroxylation is 1. The Balaban J connectivity index is 2.08. The van der Waals surface area contributed by atoms with Gasteiger partial charge in [0.1, 0.15) is 0 Å². The number of amides is 2. The van der Waals surface area contributed by atoms with Gasteiger partial charge in [-0.2, -0.15) is 0 Å². The Morgan fingerprint density at radius 2 is 1.41 bits per heavy atom. The third-order valence-corrected chi connectivity index (χ3v) is 5.81. The van der Waals surface area contributed by atoms with Crippen molar-refractivity contribution in [1.29, 1.82) is 0 Å². The third kappa shape index (κ3) is 5.56. The molecule has 3 aromatic carbocycles. The first-order valence-electron chi connectivity index (χ1n) is 11.7. The van der Waals surface area contributed by atoms with Crippen LogP contribution >= 0.6 is 0 Å². The zero-order valence-electron chi connectivity index (χ0n) is 19.5. The van der Waals surface area contributed by atoms with Crippen LogP contribution in [0, 0.1) is 6.92 Å². The number of hydrogen-bond donors (Lipinski definition) is 2. The van der Waals surface area contributed by atoms with Crippen molar-refractivity contribution in [2.24, 2.45) is 0 Å². The Kier molecular flexibility index (Phi) is 8.43. The van der Waals surface area contributed by atoms with Crippen LogP contribution in [0.25, 0.3) is 21.9 Å². The standard InChI is InChI=1S/C28H34N2O2/c1-4-6-16-29-26(31)19-21-12-8-9-14-23(21)25-18-20(3)22-13-10-11-15-24(22)27(25)28(32)30-17-7-5-2/h8-15,18H,4-7,16-17,19H2,1-3H3,(H,29,31)(H,30,32). The zero-order valence-corrected chi connectivity index (χ0v) is 19.5. The van der Waals surface area contributed by atoms with Crippen molar-refractivity contribution < 1.29 is 9.59 Å². The first-order chi connectivity index (χ1) is 15.6. The Labute approximate surface area is 191 Å². The fourth-order valence-electron chi connectivity index (χ4n) is 4.06. The first-order valence-corrected chi connectivity index (χ1v) is 11.7. The van der Waals surface area contributed by atoms with Gasteiger partial charge in [-0.15, -0.1) is 0 Å². The van der Waals surface area contributed by atoms with Gasteiger partial charge in [0.15, 0.2) is 0 Å². The van der Waals surface area contributed by atoms with Gasteiger partial charge >= 0.3 is 0 Å². The Morgan fingerprint density at radius 3 is 2.12 bits per heavy atom. The summed E-state index contributed by atoms with van der Waals surface area (Å²) in [6, 6.07) is 18.1. The molecule has 0 atom stereocenters. The molecule has 0 aliphatic rings. The lowest BCUT2D eigenvalue weighted by Gasteiger charge is -2.18. The highest BCUT2D eigenvalue weighted by Crippen LogP contribution is 2.35. The van der Waals surface area contributed by atoms with E-state index < -0.39 is 0 Å². The number of nitrogens with one attached hydrogen (secondary N) is 2. The van der Waals surface area contributed by atoms with Gasteiger partial charge in [0, 0.05) is 13.1 Å². The summed E-state index contributed by atoms with van der Waals surface area (Å²) in [5.41, 5.74) is 4.54. The summed E-state index contributed by atoms with van der Waals surface area (Å²) in [5.74, 6) is -0.0517. The van der Waals surface area contributed by atoms with Gasteiger partial charge in [-0.05, 0) is 58.9 Å². The second kappa shape index (κ2) is 11.5. The fraction of sp³-hybridized carbons (Fsp3) is 0.357. The molecule has 0 unspecified atom stereocenters. The number of unbranched alkanes of at least 4 members (excludes halogenated alkanes) is 2. The van der Waals surface area contributed by atoms with Crippen LogP contribution < -0.4 is 10.6 Å². The minimum absolute atomic E-state index is 0.0114. The van der Waals surface area contributed by atoms with Gasteiger partial charge in [0.2, 0.25) is 5.91 Å². The van der Waals surface area contributed by atoms with E-state index in [1.807, 2.05) is 42.5 Å². The molecule has 0 spiro atoms. The minimum atomic E-state index is -0.0631. The average Bonchev–Trinajstić information content (AvgIpc) is 2.79. The molecule has 0 aromatic heterocycles. The largest absolute Gasteiger partial charge is 0.356 e. The van der Waals surface area contributed by atoms with Crippen LogP contribution in [0.15, 0.2) is 54.6 Å². The molecule has 0 fully saturated rings. The molecule has 3 aromatic rings. The van der Waals surface area contributed by atoms with Crippen LogP contribution in [-0.2, 0) is 11.2 Å². The molecular weight excluding hydrogens is 396 g/mol. The van der Waals surface area contributed by atoms with Crippen molar-refractivity contribution in [3.63, 3.8) is 0 Å². The maximum Gasteiger partial charge on any atom is 0.252 e. The van der Waals surface area contributed by atoms with E-state index in [-0.39, 0.29) is 11.8 Å². The molecule has 0 aliphatic heterocycles. The van der Waals surface area contributed by atoms with E-state index in [4.69, 9.17) is 0 Å². The molecule has 4 heteroatoms. The van der Waals surface area contributed by atoms with E-state index in [0.29, 0.717) is 25.1 Å². The van der Waals surface area contributed by atoms with Crippen molar-refractivity contribution in [1.82, 2.24) is 10.6 Å². The smallest absolute Gasteiger partial charge is 0.252 e. The van der Waals surface area contributed by atoms with Crippen molar-refractivity contribution in [2.75, 3.05) is 13.1 Å². The Bertz CT molecular complexity index is 1090. The van der Waals surface area contributed by atoms with Gasteiger partial charge in [0.25, 0.3) is 5.91 Å².